The van der Waals surface area contributed by atoms with Gasteiger partial charge in [0.05, 0.1) is 0 Å². The van der Waals surface area contributed by atoms with E-state index < -0.39 is 41.6 Å². The first-order valence-corrected chi connectivity index (χ1v) is 8.72. The maximum Gasteiger partial charge on any atom is 2.00 e. The van der Waals surface area contributed by atoms with E-state index >= 15 is 0 Å². The molecule has 0 aromatic rings. The number of rotatable bonds is 6. The van der Waals surface area contributed by atoms with Crippen molar-refractivity contribution in [2.24, 2.45) is 0 Å². The Kier molecular flexibility index (Phi) is 14.7. The van der Waals surface area contributed by atoms with Crippen molar-refractivity contribution < 1.29 is 64.1 Å². The third-order valence-electron chi connectivity index (χ3n) is 1.12. The van der Waals surface area contributed by atoms with Crippen molar-refractivity contribution in [3.05, 3.63) is 0 Å². The summed E-state index contributed by atoms with van der Waals surface area (Å²) in [6.07, 6.45) is -4.55. The molecule has 0 aromatic heterocycles. The maximum absolute atomic E-state index is 10.3. The quantitative estimate of drug-likeness (QED) is 0.311. The van der Waals surface area contributed by atoms with E-state index in [4.69, 9.17) is 0 Å². The van der Waals surface area contributed by atoms with Gasteiger partial charge in [-0.15, -0.1) is 0 Å². The monoisotopic (exact) mass is 522 g/mol. The van der Waals surface area contributed by atoms with Crippen molar-refractivity contribution in [2.75, 3.05) is 18.9 Å². The number of hydrogen-bond donors (Lipinski definition) is 2. The first-order valence-electron chi connectivity index (χ1n) is 3.54. The van der Waals surface area contributed by atoms with Gasteiger partial charge >= 0.3 is 21.1 Å². The van der Waals surface area contributed by atoms with Crippen LogP contribution >= 0.6 is 22.8 Å². The van der Waals surface area contributed by atoms with Crippen molar-refractivity contribution in [3.8, 4) is 0 Å². The Morgan fingerprint density at radius 3 is 0.895 bits per heavy atom. The molecule has 0 heterocycles. The van der Waals surface area contributed by atoms with Gasteiger partial charge in [0.2, 0.25) is 0 Å². The second kappa shape index (κ2) is 9.86. The van der Waals surface area contributed by atoms with Crippen LogP contribution in [0.3, 0.4) is 0 Å². The van der Waals surface area contributed by atoms with E-state index in [9.17, 15) is 43.1 Å². The van der Waals surface area contributed by atoms with Crippen LogP contribution in [0.5, 0.6) is 0 Å². The molecule has 0 aliphatic rings. The molecule has 0 bridgehead atoms. The zero-order chi connectivity index (χ0) is 13.2. The molecule has 0 atom stereocenters. The van der Waals surface area contributed by atoms with E-state index in [1.165, 1.54) is 0 Å². The summed E-state index contributed by atoms with van der Waals surface area (Å²) < 4.78 is 30.8. The van der Waals surface area contributed by atoms with Crippen LogP contribution in [0.25, 0.3) is 0 Å². The molecule has 16 heteroatoms. The summed E-state index contributed by atoms with van der Waals surface area (Å²) in [7, 11) is -15.8. The van der Waals surface area contributed by atoms with Crippen LogP contribution in [0, 0.1) is 0 Å². The first kappa shape index (κ1) is 28.2. The average molecular weight is 522 g/mol. The van der Waals surface area contributed by atoms with Gasteiger partial charge in [-0.25, -0.2) is 0 Å². The summed E-state index contributed by atoms with van der Waals surface area (Å²) in [5, 5.41) is 0. The number of hydrogen-bond acceptors (Lipinski definition) is 12. The molecular weight excluding hydrogens is 510 g/mol. The van der Waals surface area contributed by atoms with Gasteiger partial charge < -0.3 is 55.4 Å². The fourth-order valence-electron chi connectivity index (χ4n) is 0.869. The zero-order valence-electron chi connectivity index (χ0n) is 9.31. The summed E-state index contributed by atoms with van der Waals surface area (Å²) in [6.45, 7) is 0. The molecule has 12 nitrogen and oxygen atoms in total. The molecule has 19 heavy (non-hydrogen) atoms. The van der Waals surface area contributed by atoms with Gasteiger partial charge in [0.25, 0.3) is 0 Å². The topological polar surface area (TPSA) is 263 Å². The summed E-state index contributed by atoms with van der Waals surface area (Å²) in [5.41, 5.74) is 0. The smallest absolute Gasteiger partial charge is 0.810 e. The molecular formula is C3H12N3O9P3Pt-4. The summed E-state index contributed by atoms with van der Waals surface area (Å²) in [6, 6.07) is 0. The Labute approximate surface area is 123 Å². The number of nitrogens with zero attached hydrogens (tertiary/aromatic N) is 1. The predicted octanol–water partition coefficient (Wildman–Crippen LogP) is -4.78. The molecule has 0 unspecified atom stereocenters. The maximum atomic E-state index is 10.3. The Hall–Kier alpha value is 1.02. The van der Waals surface area contributed by atoms with Crippen LogP contribution in [0.15, 0.2) is 0 Å². The molecule has 0 fully saturated rings. The molecule has 0 saturated heterocycles. The van der Waals surface area contributed by atoms with Crippen molar-refractivity contribution in [1.82, 2.24) is 17.2 Å². The largest absolute Gasteiger partial charge is 2.00 e. The fourth-order valence-corrected chi connectivity index (χ4v) is 3.41. The first-order chi connectivity index (χ1) is 6.79. The van der Waals surface area contributed by atoms with Gasteiger partial charge in [0.1, 0.15) is 0 Å². The SMILES string of the molecule is N.N.O=P([O-])([O-])CN(CP(=O)([O-])[O-])CP(=O)([O-])[O-].[Pt+2]. The van der Waals surface area contributed by atoms with E-state index in [1.54, 1.807) is 0 Å². The van der Waals surface area contributed by atoms with Gasteiger partial charge in [-0.05, 0) is 0 Å². The molecule has 0 radical (unpaired) electrons. The predicted molar refractivity (Wildman–Crippen MR) is 49.3 cm³/mol. The molecule has 0 amide bonds. The molecule has 122 valence electrons. The van der Waals surface area contributed by atoms with Crippen LogP contribution in [-0.2, 0) is 34.8 Å². The van der Waals surface area contributed by atoms with Crippen molar-refractivity contribution in [1.29, 1.82) is 0 Å². The third kappa shape index (κ3) is 21.5. The Bertz CT molecular complexity index is 317. The van der Waals surface area contributed by atoms with E-state index in [1.807, 2.05) is 0 Å². The molecule has 0 aromatic carbocycles. The van der Waals surface area contributed by atoms with Crippen LogP contribution in [0.4, 0.5) is 0 Å². The third-order valence-corrected chi connectivity index (χ3v) is 3.36. The Morgan fingerprint density at radius 1 is 0.632 bits per heavy atom. The molecule has 0 rings (SSSR count). The van der Waals surface area contributed by atoms with Gasteiger partial charge in [-0.2, -0.15) is 0 Å². The minimum atomic E-state index is -5.27. The summed E-state index contributed by atoms with van der Waals surface area (Å²) in [5.74, 6) is 0. The molecule has 0 spiro atoms. The molecule has 0 aliphatic heterocycles. The Morgan fingerprint density at radius 2 is 0.789 bits per heavy atom. The summed E-state index contributed by atoms with van der Waals surface area (Å²) in [4.78, 5) is 61.5. The van der Waals surface area contributed by atoms with E-state index in [0.29, 0.717) is 0 Å². The van der Waals surface area contributed by atoms with Crippen LogP contribution in [0.1, 0.15) is 0 Å². The second-order valence-electron chi connectivity index (χ2n) is 2.93. The fraction of sp³-hybridized carbons (Fsp3) is 1.00. The van der Waals surface area contributed by atoms with E-state index in [-0.39, 0.29) is 38.3 Å². The van der Waals surface area contributed by atoms with Crippen molar-refractivity contribution in [2.45, 2.75) is 0 Å². The van der Waals surface area contributed by atoms with Gasteiger partial charge in [-0.1, -0.05) is 22.8 Å². The van der Waals surface area contributed by atoms with Gasteiger partial charge in [-0.3, -0.25) is 4.90 Å². The molecule has 0 saturated carbocycles. The molecule has 0 aliphatic carbocycles. The minimum Gasteiger partial charge on any atom is -0.810 e. The van der Waals surface area contributed by atoms with Crippen molar-refractivity contribution in [3.63, 3.8) is 0 Å². The minimum absolute atomic E-state index is 0. The Balaban J connectivity index is -0.000000375. The van der Waals surface area contributed by atoms with Crippen LogP contribution < -0.4 is 41.7 Å². The van der Waals surface area contributed by atoms with Gasteiger partial charge in [0, 0.05) is 18.9 Å². The zero-order valence-corrected chi connectivity index (χ0v) is 14.3. The van der Waals surface area contributed by atoms with Crippen molar-refractivity contribution >= 4 is 22.8 Å². The van der Waals surface area contributed by atoms with E-state index in [0.717, 1.165) is 0 Å². The second-order valence-corrected chi connectivity index (χ2v) is 7.44. The van der Waals surface area contributed by atoms with E-state index in [2.05, 4.69) is 0 Å². The van der Waals surface area contributed by atoms with Crippen LogP contribution in [-0.4, -0.2) is 23.8 Å². The van der Waals surface area contributed by atoms with Gasteiger partial charge in [0.15, 0.2) is 0 Å². The van der Waals surface area contributed by atoms with Crippen LogP contribution in [0.2, 0.25) is 0 Å². The molecule has 6 N–H and O–H groups in total. The summed E-state index contributed by atoms with van der Waals surface area (Å²) >= 11 is 0. The normalized spacial score (nSPS) is 12.2. The average Bonchev–Trinajstić information content (AvgIpc) is 1.70. The standard InChI is InChI=1S/C3H12NO9P3.2H3N.Pt/c5-14(6,7)1-4(2-15(8,9)10)3-16(11,12)13;;;/h1-3H2,(H2,5,6,7)(H2,8,9,10)(H2,11,12,13);2*1H3;/q;;;+2/p-6.